The largest absolute Gasteiger partial charge is 0.491 e. The van der Waals surface area contributed by atoms with E-state index in [0.29, 0.717) is 36.1 Å². The predicted molar refractivity (Wildman–Crippen MR) is 234 cm³/mol. The molecule has 0 bridgehead atoms. The van der Waals surface area contributed by atoms with E-state index >= 15 is 0 Å². The van der Waals surface area contributed by atoms with E-state index in [1.807, 2.05) is 24.3 Å². The fourth-order valence-corrected chi connectivity index (χ4v) is 6.17. The smallest absolute Gasteiger partial charge is 0.343 e. The molecule has 314 valence electrons. The number of carbonyl (C=O) groups is 2. The van der Waals surface area contributed by atoms with Crippen LogP contribution in [0.25, 0.3) is 0 Å². The first-order valence-corrected chi connectivity index (χ1v) is 21.0. The van der Waals surface area contributed by atoms with Gasteiger partial charge in [0.2, 0.25) is 0 Å². The molecule has 0 amide bonds. The van der Waals surface area contributed by atoms with Crippen LogP contribution in [-0.4, -0.2) is 37.6 Å². The van der Waals surface area contributed by atoms with Crippen molar-refractivity contribution in [3.8, 4) is 23.0 Å². The highest BCUT2D eigenvalue weighted by Crippen LogP contribution is 2.25. The Morgan fingerprint density at radius 2 is 0.900 bits per heavy atom. The standard InChI is InChI=1S/C50H54F2N2O6/c1-3-5-7-9-11-13-30-57-47-28-18-39(33-45(47)51)49(55)59-43-24-20-41(21-25-43)53-35-37-16-15-17-38(32-37)36-54-42-22-26-44(27-23-42)60-50(56)40-19-29-48(46(52)34-40)58-31-14-12-10-8-6-4-2/h15-29,32-36H,3-14,30-31H2,1-2H3. The van der Waals surface area contributed by atoms with Crippen molar-refractivity contribution in [2.45, 2.75) is 90.9 Å². The van der Waals surface area contributed by atoms with Gasteiger partial charge in [0.15, 0.2) is 23.1 Å². The van der Waals surface area contributed by atoms with Gasteiger partial charge in [0.05, 0.1) is 35.7 Å². The normalized spacial score (nSPS) is 11.3. The summed E-state index contributed by atoms with van der Waals surface area (Å²) in [5, 5.41) is 0. The first-order valence-electron chi connectivity index (χ1n) is 21.0. The molecule has 0 N–H and O–H groups in total. The second-order valence-electron chi connectivity index (χ2n) is 14.5. The second-order valence-corrected chi connectivity index (χ2v) is 14.5. The molecule has 0 fully saturated rings. The molecular formula is C50H54F2N2O6. The molecule has 5 aromatic carbocycles. The number of rotatable bonds is 24. The highest BCUT2D eigenvalue weighted by molar-refractivity contribution is 5.92. The van der Waals surface area contributed by atoms with Crippen molar-refractivity contribution in [3.05, 3.63) is 143 Å². The molecule has 8 nitrogen and oxygen atoms in total. The van der Waals surface area contributed by atoms with E-state index in [4.69, 9.17) is 18.9 Å². The minimum Gasteiger partial charge on any atom is -0.491 e. The van der Waals surface area contributed by atoms with Crippen LogP contribution in [0.3, 0.4) is 0 Å². The maximum atomic E-state index is 14.6. The number of aliphatic imine (C=N–C) groups is 2. The molecule has 0 aliphatic heterocycles. The number of hydrogen-bond donors (Lipinski definition) is 0. The molecule has 0 aromatic heterocycles. The van der Waals surface area contributed by atoms with E-state index in [0.717, 1.165) is 61.8 Å². The Bertz CT molecular complexity index is 2020. The maximum Gasteiger partial charge on any atom is 0.343 e. The Labute approximate surface area is 352 Å². The van der Waals surface area contributed by atoms with E-state index in [1.54, 1.807) is 61.0 Å². The quantitative estimate of drug-likeness (QED) is 0.0266. The molecule has 10 heteroatoms. The fraction of sp³-hybridized carbons (Fsp3) is 0.320. The summed E-state index contributed by atoms with van der Waals surface area (Å²) in [5.74, 6) is -1.71. The van der Waals surface area contributed by atoms with Gasteiger partial charge in [0.25, 0.3) is 0 Å². The summed E-state index contributed by atoms with van der Waals surface area (Å²) >= 11 is 0. The number of hydrogen-bond acceptors (Lipinski definition) is 8. The SMILES string of the molecule is CCCCCCCCOc1ccc(C(=O)Oc2ccc(N=Cc3cccc(C=Nc4ccc(OC(=O)c5ccc(OCCCCCCCC)c(F)c5)cc4)c3)cc2)cc1F. The number of ether oxygens (including phenoxy) is 4. The average Bonchev–Trinajstić information content (AvgIpc) is 3.26. The molecular weight excluding hydrogens is 763 g/mol. The maximum absolute atomic E-state index is 14.6. The fourth-order valence-electron chi connectivity index (χ4n) is 6.17. The van der Waals surface area contributed by atoms with Crippen LogP contribution in [-0.2, 0) is 0 Å². The number of nitrogens with zero attached hydrogens (tertiary/aromatic N) is 2. The number of carbonyl (C=O) groups excluding carboxylic acids is 2. The molecule has 0 atom stereocenters. The van der Waals surface area contributed by atoms with Gasteiger partial charge in [0, 0.05) is 12.4 Å². The Hall–Kier alpha value is -6.16. The number of esters is 2. The summed E-state index contributed by atoms with van der Waals surface area (Å²) in [6, 6.07) is 29.2. The van der Waals surface area contributed by atoms with E-state index in [1.165, 1.54) is 62.8 Å². The highest BCUT2D eigenvalue weighted by Gasteiger charge is 2.15. The van der Waals surface area contributed by atoms with Gasteiger partial charge in [-0.05, 0) is 115 Å². The number of unbranched alkanes of at least 4 members (excludes halogenated alkanes) is 10. The van der Waals surface area contributed by atoms with E-state index < -0.39 is 23.6 Å². The van der Waals surface area contributed by atoms with E-state index in [2.05, 4.69) is 23.8 Å². The monoisotopic (exact) mass is 816 g/mol. The van der Waals surface area contributed by atoms with Gasteiger partial charge in [-0.15, -0.1) is 0 Å². The third kappa shape index (κ3) is 15.2. The third-order valence-corrected chi connectivity index (χ3v) is 9.58. The van der Waals surface area contributed by atoms with Gasteiger partial charge in [-0.3, -0.25) is 9.98 Å². The second kappa shape index (κ2) is 24.7. The van der Waals surface area contributed by atoms with Gasteiger partial charge in [0.1, 0.15) is 11.5 Å². The number of benzene rings is 5. The predicted octanol–water partition coefficient (Wildman–Crippen LogP) is 13.4. The summed E-state index contributed by atoms with van der Waals surface area (Å²) in [6.07, 6.45) is 16.7. The van der Waals surface area contributed by atoms with Gasteiger partial charge >= 0.3 is 11.9 Å². The first-order chi connectivity index (χ1) is 29.3. The Kier molecular flexibility index (Phi) is 18.5. The van der Waals surface area contributed by atoms with Crippen LogP contribution in [0.2, 0.25) is 0 Å². The summed E-state index contributed by atoms with van der Waals surface area (Å²) < 4.78 is 51.3. The molecule has 0 saturated heterocycles. The van der Waals surface area contributed by atoms with E-state index in [9.17, 15) is 18.4 Å². The minimum absolute atomic E-state index is 0.0868. The van der Waals surface area contributed by atoms with Gasteiger partial charge in [-0.2, -0.15) is 0 Å². The molecule has 0 aliphatic rings. The third-order valence-electron chi connectivity index (χ3n) is 9.58. The van der Waals surface area contributed by atoms with Crippen LogP contribution in [0.1, 0.15) is 123 Å². The van der Waals surface area contributed by atoms with Gasteiger partial charge < -0.3 is 18.9 Å². The summed E-state index contributed by atoms with van der Waals surface area (Å²) in [4.78, 5) is 34.5. The van der Waals surface area contributed by atoms with Crippen molar-refractivity contribution >= 4 is 35.7 Å². The van der Waals surface area contributed by atoms with Crippen molar-refractivity contribution in [2.24, 2.45) is 9.98 Å². The molecule has 0 unspecified atom stereocenters. The Morgan fingerprint density at radius 3 is 1.30 bits per heavy atom. The topological polar surface area (TPSA) is 95.8 Å². The summed E-state index contributed by atoms with van der Waals surface area (Å²) in [7, 11) is 0. The first kappa shape index (κ1) is 44.9. The zero-order valence-corrected chi connectivity index (χ0v) is 34.5. The van der Waals surface area contributed by atoms with Crippen molar-refractivity contribution < 1.29 is 37.3 Å². The molecule has 5 rings (SSSR count). The zero-order valence-electron chi connectivity index (χ0n) is 34.5. The molecule has 0 radical (unpaired) electrons. The van der Waals surface area contributed by atoms with Crippen molar-refractivity contribution in [1.82, 2.24) is 0 Å². The van der Waals surface area contributed by atoms with Crippen LogP contribution in [0.5, 0.6) is 23.0 Å². The molecule has 5 aromatic rings. The Morgan fingerprint density at radius 1 is 0.500 bits per heavy atom. The average molecular weight is 817 g/mol. The summed E-state index contributed by atoms with van der Waals surface area (Å²) in [5.41, 5.74) is 3.14. The van der Waals surface area contributed by atoms with Crippen LogP contribution in [0.15, 0.2) is 119 Å². The molecule has 0 aliphatic carbocycles. The zero-order chi connectivity index (χ0) is 42.4. The lowest BCUT2D eigenvalue weighted by atomic mass is 10.1. The minimum atomic E-state index is -0.676. The lowest BCUT2D eigenvalue weighted by Gasteiger charge is -2.09. The van der Waals surface area contributed by atoms with Crippen molar-refractivity contribution in [3.63, 3.8) is 0 Å². The molecule has 0 saturated carbocycles. The lowest BCUT2D eigenvalue weighted by molar-refractivity contribution is 0.0724. The summed E-state index contributed by atoms with van der Waals surface area (Å²) in [6.45, 7) is 5.21. The lowest BCUT2D eigenvalue weighted by Crippen LogP contribution is -2.09. The van der Waals surface area contributed by atoms with Crippen LogP contribution < -0.4 is 18.9 Å². The van der Waals surface area contributed by atoms with E-state index in [-0.39, 0.29) is 22.6 Å². The Balaban J connectivity index is 1.06. The highest BCUT2D eigenvalue weighted by atomic mass is 19.1. The number of halogens is 2. The van der Waals surface area contributed by atoms with Crippen LogP contribution >= 0.6 is 0 Å². The van der Waals surface area contributed by atoms with Crippen molar-refractivity contribution in [1.29, 1.82) is 0 Å². The van der Waals surface area contributed by atoms with Crippen LogP contribution in [0.4, 0.5) is 20.2 Å². The van der Waals surface area contributed by atoms with Crippen molar-refractivity contribution in [2.75, 3.05) is 13.2 Å². The van der Waals surface area contributed by atoms with Gasteiger partial charge in [-0.25, -0.2) is 18.4 Å². The van der Waals surface area contributed by atoms with Gasteiger partial charge in [-0.1, -0.05) is 96.3 Å². The molecule has 0 heterocycles. The molecule has 60 heavy (non-hydrogen) atoms. The molecule has 0 spiro atoms. The van der Waals surface area contributed by atoms with Crippen LogP contribution in [0, 0.1) is 11.6 Å².